The van der Waals surface area contributed by atoms with Crippen LogP contribution < -0.4 is 4.74 Å². The molecule has 21 heavy (non-hydrogen) atoms. The molecule has 2 aromatic rings. The number of hydrogen-bond acceptors (Lipinski definition) is 4. The van der Waals surface area contributed by atoms with Crippen molar-refractivity contribution in [2.45, 2.75) is 6.61 Å². The molecule has 2 rings (SSSR count). The van der Waals surface area contributed by atoms with E-state index in [0.29, 0.717) is 10.8 Å². The third-order valence-electron chi connectivity index (χ3n) is 2.74. The van der Waals surface area contributed by atoms with Crippen LogP contribution in [0, 0.1) is 15.9 Å². The SMILES string of the molecule is O=Cc1cccc(F)c1OCc1ccc(Br)cc1[N+](=O)[O-]. The Morgan fingerprint density at radius 3 is 2.76 bits per heavy atom. The van der Waals surface area contributed by atoms with Crippen LogP contribution in [-0.4, -0.2) is 11.2 Å². The normalized spacial score (nSPS) is 10.2. The van der Waals surface area contributed by atoms with Gasteiger partial charge in [-0.05, 0) is 24.3 Å². The Morgan fingerprint density at radius 1 is 1.33 bits per heavy atom. The maximum Gasteiger partial charge on any atom is 0.277 e. The highest BCUT2D eigenvalue weighted by atomic mass is 79.9. The Labute approximate surface area is 127 Å². The number of ether oxygens (including phenoxy) is 1. The summed E-state index contributed by atoms with van der Waals surface area (Å²) in [5, 5.41) is 11.0. The Morgan fingerprint density at radius 2 is 2.10 bits per heavy atom. The number of hydrogen-bond donors (Lipinski definition) is 0. The summed E-state index contributed by atoms with van der Waals surface area (Å²) in [6.45, 7) is -0.217. The van der Waals surface area contributed by atoms with Gasteiger partial charge in [-0.2, -0.15) is 0 Å². The molecule has 7 heteroatoms. The van der Waals surface area contributed by atoms with Gasteiger partial charge < -0.3 is 4.74 Å². The number of carbonyl (C=O) groups is 1. The number of para-hydroxylation sites is 1. The summed E-state index contributed by atoms with van der Waals surface area (Å²) < 4.78 is 19.4. The molecule has 0 aliphatic carbocycles. The van der Waals surface area contributed by atoms with Crippen molar-refractivity contribution in [2.75, 3.05) is 0 Å². The van der Waals surface area contributed by atoms with Gasteiger partial charge in [0.05, 0.1) is 16.1 Å². The van der Waals surface area contributed by atoms with Crippen molar-refractivity contribution in [2.24, 2.45) is 0 Å². The van der Waals surface area contributed by atoms with E-state index in [4.69, 9.17) is 4.74 Å². The van der Waals surface area contributed by atoms with Crippen LogP contribution in [0.15, 0.2) is 40.9 Å². The van der Waals surface area contributed by atoms with Crippen LogP contribution in [0.3, 0.4) is 0 Å². The molecule has 0 spiro atoms. The number of halogens is 2. The molecule has 0 radical (unpaired) electrons. The third-order valence-corrected chi connectivity index (χ3v) is 3.23. The third kappa shape index (κ3) is 3.43. The molecular formula is C14H9BrFNO4. The lowest BCUT2D eigenvalue weighted by molar-refractivity contribution is -0.385. The Hall–Kier alpha value is -2.28. The van der Waals surface area contributed by atoms with E-state index < -0.39 is 10.7 Å². The maximum atomic E-state index is 13.6. The molecule has 2 aromatic carbocycles. The van der Waals surface area contributed by atoms with E-state index in [1.165, 1.54) is 24.3 Å². The molecule has 108 valence electrons. The maximum absolute atomic E-state index is 13.6. The molecule has 0 fully saturated rings. The van der Waals surface area contributed by atoms with Crippen LogP contribution in [0.4, 0.5) is 10.1 Å². The van der Waals surface area contributed by atoms with Crippen molar-refractivity contribution in [1.29, 1.82) is 0 Å². The lowest BCUT2D eigenvalue weighted by atomic mass is 10.2. The number of carbonyl (C=O) groups excluding carboxylic acids is 1. The van der Waals surface area contributed by atoms with Crippen LogP contribution in [-0.2, 0) is 6.61 Å². The summed E-state index contributed by atoms with van der Waals surface area (Å²) in [5.74, 6) is -0.913. The second-order valence-corrected chi connectivity index (χ2v) is 5.01. The first-order valence-electron chi connectivity index (χ1n) is 5.82. The van der Waals surface area contributed by atoms with Crippen LogP contribution in [0.25, 0.3) is 0 Å². The predicted molar refractivity (Wildman–Crippen MR) is 76.9 cm³/mol. The van der Waals surface area contributed by atoms with Crippen LogP contribution >= 0.6 is 15.9 Å². The minimum absolute atomic E-state index is 0.0507. The first-order chi connectivity index (χ1) is 10.0. The van der Waals surface area contributed by atoms with Crippen molar-refractivity contribution in [3.8, 4) is 5.75 Å². The van der Waals surface area contributed by atoms with Gasteiger partial charge in [0, 0.05) is 10.5 Å². The molecule has 5 nitrogen and oxygen atoms in total. The van der Waals surface area contributed by atoms with Crippen LogP contribution in [0.2, 0.25) is 0 Å². The molecule has 0 atom stereocenters. The molecule has 0 saturated heterocycles. The van der Waals surface area contributed by atoms with Crippen molar-refractivity contribution in [3.05, 3.63) is 67.9 Å². The quantitative estimate of drug-likeness (QED) is 0.464. The van der Waals surface area contributed by atoms with E-state index in [1.54, 1.807) is 6.07 Å². The fourth-order valence-electron chi connectivity index (χ4n) is 1.75. The van der Waals surface area contributed by atoms with Gasteiger partial charge in [-0.25, -0.2) is 4.39 Å². The van der Waals surface area contributed by atoms with Gasteiger partial charge in [-0.15, -0.1) is 0 Å². The number of rotatable bonds is 5. The second-order valence-electron chi connectivity index (χ2n) is 4.09. The first kappa shape index (κ1) is 15.1. The zero-order chi connectivity index (χ0) is 15.4. The van der Waals surface area contributed by atoms with E-state index in [9.17, 15) is 19.3 Å². The minimum Gasteiger partial charge on any atom is -0.485 e. The molecule has 0 heterocycles. The molecule has 0 amide bonds. The van der Waals surface area contributed by atoms with E-state index in [0.717, 1.165) is 6.07 Å². The smallest absolute Gasteiger partial charge is 0.277 e. The number of aldehydes is 1. The predicted octanol–water partition coefficient (Wildman–Crippen LogP) is 3.89. The average molecular weight is 354 g/mol. The number of nitro benzene ring substituents is 1. The average Bonchev–Trinajstić information content (AvgIpc) is 2.46. The standard InChI is InChI=1S/C14H9BrFNO4/c15-11-5-4-10(13(6-11)17(19)20)8-21-14-9(7-18)2-1-3-12(14)16/h1-7H,8H2. The molecule has 0 bridgehead atoms. The number of benzene rings is 2. The zero-order valence-corrected chi connectivity index (χ0v) is 12.2. The van der Waals surface area contributed by atoms with E-state index in [-0.39, 0.29) is 29.2 Å². The Kier molecular flexibility index (Phi) is 4.64. The summed E-state index contributed by atoms with van der Waals surface area (Å²) in [6, 6.07) is 8.39. The van der Waals surface area contributed by atoms with Gasteiger partial charge in [-0.3, -0.25) is 14.9 Å². The van der Waals surface area contributed by atoms with Crippen LogP contribution in [0.5, 0.6) is 5.75 Å². The Bertz CT molecular complexity index is 705. The largest absolute Gasteiger partial charge is 0.485 e. The molecule has 0 aliphatic rings. The summed E-state index contributed by atoms with van der Waals surface area (Å²) >= 11 is 3.14. The number of nitro groups is 1. The highest BCUT2D eigenvalue weighted by Crippen LogP contribution is 2.27. The highest BCUT2D eigenvalue weighted by molar-refractivity contribution is 9.10. The lowest BCUT2D eigenvalue weighted by Crippen LogP contribution is -2.03. The number of nitrogens with zero attached hydrogens (tertiary/aromatic N) is 1. The van der Waals surface area contributed by atoms with Crippen molar-refractivity contribution in [3.63, 3.8) is 0 Å². The molecule has 0 N–H and O–H groups in total. The van der Waals surface area contributed by atoms with Gasteiger partial charge in [0.2, 0.25) is 0 Å². The fraction of sp³-hybridized carbons (Fsp3) is 0.0714. The van der Waals surface area contributed by atoms with Crippen LogP contribution in [0.1, 0.15) is 15.9 Å². The fourth-order valence-corrected chi connectivity index (χ4v) is 2.10. The summed E-state index contributed by atoms with van der Waals surface area (Å²) in [7, 11) is 0. The Balaban J connectivity index is 2.29. The summed E-state index contributed by atoms with van der Waals surface area (Å²) in [6.07, 6.45) is 0.467. The van der Waals surface area contributed by atoms with E-state index in [1.807, 2.05) is 0 Å². The van der Waals surface area contributed by atoms with Gasteiger partial charge in [-0.1, -0.05) is 22.0 Å². The van der Waals surface area contributed by atoms with E-state index in [2.05, 4.69) is 15.9 Å². The zero-order valence-electron chi connectivity index (χ0n) is 10.6. The van der Waals surface area contributed by atoms with Crippen molar-refractivity contribution in [1.82, 2.24) is 0 Å². The van der Waals surface area contributed by atoms with Gasteiger partial charge in [0.1, 0.15) is 6.61 Å². The summed E-state index contributed by atoms with van der Waals surface area (Å²) in [4.78, 5) is 21.3. The monoisotopic (exact) mass is 353 g/mol. The summed E-state index contributed by atoms with van der Waals surface area (Å²) in [5.41, 5.74) is 0.187. The molecule has 0 aliphatic heterocycles. The van der Waals surface area contributed by atoms with E-state index >= 15 is 0 Å². The van der Waals surface area contributed by atoms with Gasteiger partial charge in [0.15, 0.2) is 17.9 Å². The molecule has 0 aromatic heterocycles. The molecule has 0 saturated carbocycles. The molecular weight excluding hydrogens is 345 g/mol. The lowest BCUT2D eigenvalue weighted by Gasteiger charge is -2.09. The van der Waals surface area contributed by atoms with Gasteiger partial charge in [0.25, 0.3) is 5.69 Å². The van der Waals surface area contributed by atoms with Gasteiger partial charge >= 0.3 is 0 Å². The van der Waals surface area contributed by atoms with Crippen molar-refractivity contribution >= 4 is 27.9 Å². The first-order valence-corrected chi connectivity index (χ1v) is 6.61. The minimum atomic E-state index is -0.695. The second kappa shape index (κ2) is 6.45. The topological polar surface area (TPSA) is 69.4 Å². The van der Waals surface area contributed by atoms with Crippen molar-refractivity contribution < 1.29 is 18.8 Å². The highest BCUT2D eigenvalue weighted by Gasteiger charge is 2.16. The molecule has 0 unspecified atom stereocenters.